The largest absolute Gasteiger partial charge is 0.419 e. The van der Waals surface area contributed by atoms with Gasteiger partial charge in [0.05, 0.1) is 5.52 Å². The van der Waals surface area contributed by atoms with E-state index in [1.165, 1.54) is 4.57 Å². The van der Waals surface area contributed by atoms with E-state index in [1.807, 2.05) is 12.1 Å². The van der Waals surface area contributed by atoms with Crippen LogP contribution in [0.2, 0.25) is 0 Å². The molecule has 2 aromatic rings. The molecule has 1 saturated heterocycles. The fourth-order valence-electron chi connectivity index (χ4n) is 2.86. The third-order valence-electron chi connectivity index (χ3n) is 3.70. The molecule has 6 heteroatoms. The van der Waals surface area contributed by atoms with Crippen molar-refractivity contribution in [2.45, 2.75) is 25.9 Å². The van der Waals surface area contributed by atoms with Crippen molar-refractivity contribution in [2.75, 3.05) is 18.0 Å². The number of piperazine rings is 1. The number of anilines is 1. The molecule has 1 aromatic heterocycles. The summed E-state index contributed by atoms with van der Waals surface area (Å²) in [6, 6.07) is 6.89. The molecule has 1 aromatic carbocycles. The molecule has 0 amide bonds. The molecule has 0 aliphatic carbocycles. The first kappa shape index (κ1) is 14.9. The van der Waals surface area contributed by atoms with E-state index in [2.05, 4.69) is 30.1 Å². The van der Waals surface area contributed by atoms with Crippen molar-refractivity contribution < 1.29 is 4.42 Å². The predicted molar refractivity (Wildman–Crippen MR) is 83.0 cm³/mol. The van der Waals surface area contributed by atoms with Gasteiger partial charge in [-0.1, -0.05) is 0 Å². The molecular formula is C14H20ClN3O2. The number of fused-ring (bicyclic) bond motifs is 1. The zero-order valence-electron chi connectivity index (χ0n) is 11.9. The Morgan fingerprint density at radius 2 is 1.90 bits per heavy atom. The quantitative estimate of drug-likeness (QED) is 0.871. The first-order chi connectivity index (χ1) is 9.04. The molecule has 20 heavy (non-hydrogen) atoms. The van der Waals surface area contributed by atoms with Gasteiger partial charge >= 0.3 is 5.76 Å². The van der Waals surface area contributed by atoms with Gasteiger partial charge in [0.1, 0.15) is 0 Å². The maximum atomic E-state index is 11.5. The van der Waals surface area contributed by atoms with Gasteiger partial charge in [0, 0.05) is 44.0 Å². The normalized spacial score (nSPS) is 22.9. The van der Waals surface area contributed by atoms with E-state index in [4.69, 9.17) is 4.42 Å². The Bertz CT molecular complexity index is 654. The third-order valence-corrected chi connectivity index (χ3v) is 3.70. The van der Waals surface area contributed by atoms with Crippen LogP contribution in [0.25, 0.3) is 11.1 Å². The number of hydrogen-bond acceptors (Lipinski definition) is 4. The number of nitrogens with one attached hydrogen (secondary N) is 1. The number of nitrogens with zero attached hydrogens (tertiary/aromatic N) is 2. The van der Waals surface area contributed by atoms with Crippen molar-refractivity contribution in [3.8, 4) is 0 Å². The number of aromatic nitrogens is 1. The molecule has 1 aliphatic heterocycles. The molecule has 0 bridgehead atoms. The number of benzene rings is 1. The molecule has 2 heterocycles. The zero-order chi connectivity index (χ0) is 13.6. The van der Waals surface area contributed by atoms with E-state index in [0.29, 0.717) is 17.7 Å². The van der Waals surface area contributed by atoms with Gasteiger partial charge in [-0.25, -0.2) is 4.79 Å². The van der Waals surface area contributed by atoms with Crippen LogP contribution in [0.3, 0.4) is 0 Å². The lowest BCUT2D eigenvalue weighted by molar-refractivity contribution is 0.407. The highest BCUT2D eigenvalue weighted by Gasteiger charge is 2.21. The van der Waals surface area contributed by atoms with Gasteiger partial charge in [-0.2, -0.15) is 0 Å². The molecule has 3 rings (SSSR count). The Labute approximate surface area is 124 Å². The lowest BCUT2D eigenvalue weighted by Crippen LogP contribution is -2.54. The van der Waals surface area contributed by atoms with E-state index in [-0.39, 0.29) is 18.2 Å². The molecule has 5 nitrogen and oxygen atoms in total. The summed E-state index contributed by atoms with van der Waals surface area (Å²) < 4.78 is 6.78. The highest BCUT2D eigenvalue weighted by atomic mass is 35.5. The second-order valence-electron chi connectivity index (χ2n) is 5.45. The minimum absolute atomic E-state index is 0. The molecular weight excluding hydrogens is 278 g/mol. The summed E-state index contributed by atoms with van der Waals surface area (Å²) in [5, 5.41) is 3.51. The van der Waals surface area contributed by atoms with Crippen LogP contribution < -0.4 is 16.0 Å². The topological polar surface area (TPSA) is 50.4 Å². The number of aryl methyl sites for hydroxylation is 1. The summed E-state index contributed by atoms with van der Waals surface area (Å²) in [6.07, 6.45) is 0. The van der Waals surface area contributed by atoms with E-state index in [1.54, 1.807) is 7.05 Å². The van der Waals surface area contributed by atoms with Crippen molar-refractivity contribution in [3.63, 3.8) is 0 Å². The molecule has 0 saturated carbocycles. The summed E-state index contributed by atoms with van der Waals surface area (Å²) >= 11 is 0. The minimum atomic E-state index is -0.311. The Balaban J connectivity index is 0.00000147. The summed E-state index contributed by atoms with van der Waals surface area (Å²) in [5.41, 5.74) is 2.61. The molecule has 1 N–H and O–H groups in total. The van der Waals surface area contributed by atoms with Crippen molar-refractivity contribution in [3.05, 3.63) is 28.7 Å². The Kier molecular flexibility index (Phi) is 4.11. The molecule has 0 radical (unpaired) electrons. The standard InChI is InChI=1S/C14H19N3O2.ClH/c1-9-7-17(8-10(2)15-9)11-4-5-12-13(6-11)19-14(18)16(12)3;/h4-6,9-10,15H,7-8H2,1-3H3;1H. The third kappa shape index (κ3) is 2.55. The van der Waals surface area contributed by atoms with Crippen molar-refractivity contribution in [1.29, 1.82) is 0 Å². The van der Waals surface area contributed by atoms with Gasteiger partial charge in [-0.05, 0) is 26.0 Å². The Hall–Kier alpha value is -1.46. The lowest BCUT2D eigenvalue weighted by Gasteiger charge is -2.37. The van der Waals surface area contributed by atoms with E-state index >= 15 is 0 Å². The average molecular weight is 298 g/mol. The predicted octanol–water partition coefficient (Wildman–Crippen LogP) is 1.74. The maximum absolute atomic E-state index is 11.5. The summed E-state index contributed by atoms with van der Waals surface area (Å²) in [5.74, 6) is -0.311. The fourth-order valence-corrected chi connectivity index (χ4v) is 2.86. The maximum Gasteiger partial charge on any atom is 0.419 e. The minimum Gasteiger partial charge on any atom is -0.408 e. The van der Waals surface area contributed by atoms with Crippen LogP contribution in [-0.4, -0.2) is 29.7 Å². The number of halogens is 1. The van der Waals surface area contributed by atoms with Crippen LogP contribution >= 0.6 is 12.4 Å². The van der Waals surface area contributed by atoms with Crippen LogP contribution in [0.1, 0.15) is 13.8 Å². The zero-order valence-corrected chi connectivity index (χ0v) is 12.7. The summed E-state index contributed by atoms with van der Waals surface area (Å²) in [6.45, 7) is 6.30. The van der Waals surface area contributed by atoms with E-state index < -0.39 is 0 Å². The van der Waals surface area contributed by atoms with Gasteiger partial charge in [0.15, 0.2) is 5.58 Å². The van der Waals surface area contributed by atoms with Gasteiger partial charge in [0.2, 0.25) is 0 Å². The van der Waals surface area contributed by atoms with Crippen LogP contribution in [0.15, 0.2) is 27.4 Å². The Morgan fingerprint density at radius 3 is 2.55 bits per heavy atom. The number of hydrogen-bond donors (Lipinski definition) is 1. The summed E-state index contributed by atoms with van der Waals surface area (Å²) in [7, 11) is 1.73. The van der Waals surface area contributed by atoms with Gasteiger partial charge in [-0.15, -0.1) is 12.4 Å². The number of rotatable bonds is 1. The van der Waals surface area contributed by atoms with Gasteiger partial charge in [-0.3, -0.25) is 4.57 Å². The SMILES string of the molecule is CC1CN(c2ccc3c(c2)oc(=O)n3C)CC(C)N1.Cl. The smallest absolute Gasteiger partial charge is 0.408 e. The molecule has 1 fully saturated rings. The Morgan fingerprint density at radius 1 is 1.25 bits per heavy atom. The van der Waals surface area contributed by atoms with Crippen molar-refractivity contribution in [1.82, 2.24) is 9.88 Å². The van der Waals surface area contributed by atoms with E-state index in [9.17, 15) is 4.79 Å². The molecule has 0 spiro atoms. The monoisotopic (exact) mass is 297 g/mol. The molecule has 2 unspecified atom stereocenters. The van der Waals surface area contributed by atoms with Gasteiger partial charge < -0.3 is 14.6 Å². The highest BCUT2D eigenvalue weighted by molar-refractivity contribution is 5.85. The van der Waals surface area contributed by atoms with Gasteiger partial charge in [0.25, 0.3) is 0 Å². The van der Waals surface area contributed by atoms with Crippen LogP contribution in [0.5, 0.6) is 0 Å². The molecule has 1 aliphatic rings. The first-order valence-corrected chi connectivity index (χ1v) is 6.65. The lowest BCUT2D eigenvalue weighted by atomic mass is 10.1. The second kappa shape index (κ2) is 5.50. The summed E-state index contributed by atoms with van der Waals surface area (Å²) in [4.78, 5) is 13.8. The molecule has 2 atom stereocenters. The molecule has 110 valence electrons. The van der Waals surface area contributed by atoms with Crippen LogP contribution in [-0.2, 0) is 7.05 Å². The number of oxazole rings is 1. The highest BCUT2D eigenvalue weighted by Crippen LogP contribution is 2.23. The fraction of sp³-hybridized carbons (Fsp3) is 0.500. The second-order valence-corrected chi connectivity index (χ2v) is 5.45. The average Bonchev–Trinajstić information content (AvgIpc) is 2.63. The van der Waals surface area contributed by atoms with E-state index in [0.717, 1.165) is 24.3 Å². The van der Waals surface area contributed by atoms with Crippen molar-refractivity contribution in [2.24, 2.45) is 7.05 Å². The first-order valence-electron chi connectivity index (χ1n) is 6.65. The van der Waals surface area contributed by atoms with Crippen molar-refractivity contribution >= 4 is 29.2 Å². The van der Waals surface area contributed by atoms with Crippen LogP contribution in [0, 0.1) is 0 Å². The van der Waals surface area contributed by atoms with Crippen LogP contribution in [0.4, 0.5) is 5.69 Å².